The summed E-state index contributed by atoms with van der Waals surface area (Å²) in [5.41, 5.74) is 12.3. The van der Waals surface area contributed by atoms with E-state index in [4.69, 9.17) is 4.42 Å². The average molecular weight is 590 g/mol. The fourth-order valence-electron chi connectivity index (χ4n) is 6.25. The first-order valence-electron chi connectivity index (χ1n) is 15.6. The van der Waals surface area contributed by atoms with Crippen molar-refractivity contribution in [3.05, 3.63) is 188 Å². The number of hydrogen-bond acceptors (Lipinski definition) is 2. The Morgan fingerprint density at radius 1 is 0.348 bits per heavy atom. The van der Waals surface area contributed by atoms with Gasteiger partial charge in [-0.05, 0) is 64.7 Å². The van der Waals surface area contributed by atoms with E-state index in [0.29, 0.717) is 0 Å². The number of para-hydroxylation sites is 3. The predicted octanol–water partition coefficient (Wildman–Crippen LogP) is 12.6. The lowest BCUT2D eigenvalue weighted by molar-refractivity contribution is 0.631. The van der Waals surface area contributed by atoms with Crippen LogP contribution >= 0.6 is 0 Å². The number of anilines is 3. The molecule has 1 aromatic heterocycles. The molecule has 2 nitrogen and oxygen atoms in total. The molecular weight excluding hydrogens is 558 g/mol. The van der Waals surface area contributed by atoms with Crippen LogP contribution in [-0.4, -0.2) is 0 Å². The minimum absolute atomic E-state index is 0.876. The summed E-state index contributed by atoms with van der Waals surface area (Å²) in [7, 11) is 0. The van der Waals surface area contributed by atoms with Crippen LogP contribution in [0.15, 0.2) is 192 Å². The Balaban J connectivity index is 1.24. The van der Waals surface area contributed by atoms with E-state index in [2.05, 4.69) is 175 Å². The van der Waals surface area contributed by atoms with Gasteiger partial charge in [-0.15, -0.1) is 0 Å². The first-order chi connectivity index (χ1) is 22.8. The quantitative estimate of drug-likeness (QED) is 0.184. The largest absolute Gasteiger partial charge is 0.456 e. The molecule has 8 rings (SSSR count). The van der Waals surface area contributed by atoms with Crippen molar-refractivity contribution in [3.63, 3.8) is 0 Å². The van der Waals surface area contributed by atoms with Crippen LogP contribution in [0.4, 0.5) is 17.1 Å². The van der Waals surface area contributed by atoms with Gasteiger partial charge in [-0.3, -0.25) is 0 Å². The molecular formula is C44H31NO. The fourth-order valence-corrected chi connectivity index (χ4v) is 6.25. The minimum Gasteiger partial charge on any atom is -0.456 e. The summed E-state index contributed by atoms with van der Waals surface area (Å²) in [6, 6.07) is 66.3. The highest BCUT2D eigenvalue weighted by Crippen LogP contribution is 2.45. The number of benzene rings is 7. The summed E-state index contributed by atoms with van der Waals surface area (Å²) < 4.78 is 6.18. The highest BCUT2D eigenvalue weighted by Gasteiger charge is 2.20. The van der Waals surface area contributed by atoms with Crippen LogP contribution in [0.25, 0.3) is 55.7 Å². The van der Waals surface area contributed by atoms with Crippen LogP contribution in [0.3, 0.4) is 0 Å². The zero-order valence-corrected chi connectivity index (χ0v) is 25.3. The molecule has 218 valence electrons. The Morgan fingerprint density at radius 3 is 1.50 bits per heavy atom. The summed E-state index contributed by atoms with van der Waals surface area (Å²) in [6.45, 7) is 0. The van der Waals surface area contributed by atoms with Crippen molar-refractivity contribution >= 4 is 28.0 Å². The maximum Gasteiger partial charge on any atom is 0.135 e. The van der Waals surface area contributed by atoms with Gasteiger partial charge in [0.1, 0.15) is 11.3 Å². The van der Waals surface area contributed by atoms with Crippen LogP contribution < -0.4 is 4.90 Å². The second-order valence-corrected chi connectivity index (χ2v) is 11.4. The van der Waals surface area contributed by atoms with Crippen molar-refractivity contribution in [2.75, 3.05) is 4.90 Å². The maximum absolute atomic E-state index is 6.18. The highest BCUT2D eigenvalue weighted by atomic mass is 16.3. The molecule has 0 spiro atoms. The molecule has 0 aliphatic carbocycles. The van der Waals surface area contributed by atoms with Gasteiger partial charge >= 0.3 is 0 Å². The summed E-state index contributed by atoms with van der Waals surface area (Å²) in [6.07, 6.45) is 0. The molecule has 1 heterocycles. The Labute approximate surface area is 269 Å². The van der Waals surface area contributed by atoms with E-state index in [-0.39, 0.29) is 0 Å². The van der Waals surface area contributed by atoms with Gasteiger partial charge in [0, 0.05) is 27.8 Å². The second-order valence-electron chi connectivity index (χ2n) is 11.4. The van der Waals surface area contributed by atoms with E-state index >= 15 is 0 Å². The molecule has 0 aliphatic rings. The molecule has 7 aromatic carbocycles. The summed E-state index contributed by atoms with van der Waals surface area (Å²) >= 11 is 0. The average Bonchev–Trinajstić information content (AvgIpc) is 3.58. The third kappa shape index (κ3) is 5.27. The molecule has 0 saturated carbocycles. The van der Waals surface area contributed by atoms with Crippen LogP contribution in [-0.2, 0) is 0 Å². The zero-order valence-electron chi connectivity index (χ0n) is 25.3. The standard InChI is InChI=1S/C44H31NO/c1-3-14-33(15-4-1)39-21-8-10-23-41(39)45(42-24-11-9-22-40(42)34-16-5-2-6-17-34)38-28-26-32(27-29-38)35-19-13-20-36(30-35)44-31-37-18-7-12-25-43(37)46-44/h1-31H. The lowest BCUT2D eigenvalue weighted by Crippen LogP contribution is -2.12. The van der Waals surface area contributed by atoms with Gasteiger partial charge in [0.25, 0.3) is 0 Å². The fraction of sp³-hybridized carbons (Fsp3) is 0. The minimum atomic E-state index is 0.876. The molecule has 8 aromatic rings. The molecule has 0 fully saturated rings. The predicted molar refractivity (Wildman–Crippen MR) is 193 cm³/mol. The van der Waals surface area contributed by atoms with Gasteiger partial charge in [-0.2, -0.15) is 0 Å². The normalized spacial score (nSPS) is 11.0. The van der Waals surface area contributed by atoms with Gasteiger partial charge in [-0.25, -0.2) is 0 Å². The van der Waals surface area contributed by atoms with Crippen LogP contribution in [0.2, 0.25) is 0 Å². The highest BCUT2D eigenvalue weighted by molar-refractivity contribution is 5.93. The number of hydrogen-bond donors (Lipinski definition) is 0. The zero-order chi connectivity index (χ0) is 30.7. The maximum atomic E-state index is 6.18. The summed E-state index contributed by atoms with van der Waals surface area (Å²) in [5.74, 6) is 0.876. The van der Waals surface area contributed by atoms with Crippen molar-refractivity contribution in [1.29, 1.82) is 0 Å². The van der Waals surface area contributed by atoms with E-state index in [9.17, 15) is 0 Å². The Morgan fingerprint density at radius 2 is 0.870 bits per heavy atom. The molecule has 0 atom stereocenters. The van der Waals surface area contributed by atoms with E-state index in [1.165, 1.54) is 22.3 Å². The molecule has 46 heavy (non-hydrogen) atoms. The van der Waals surface area contributed by atoms with E-state index in [0.717, 1.165) is 50.5 Å². The topological polar surface area (TPSA) is 16.4 Å². The van der Waals surface area contributed by atoms with Gasteiger partial charge in [-0.1, -0.05) is 146 Å². The SMILES string of the molecule is c1ccc(-c2ccccc2N(c2ccc(-c3cccc(-c4cc5ccccc5o4)c3)cc2)c2ccccc2-c2ccccc2)cc1. The monoisotopic (exact) mass is 589 g/mol. The molecule has 0 saturated heterocycles. The Kier molecular flexibility index (Phi) is 7.22. The smallest absolute Gasteiger partial charge is 0.135 e. The second kappa shape index (κ2) is 12.1. The van der Waals surface area contributed by atoms with Crippen molar-refractivity contribution < 1.29 is 4.42 Å². The number of nitrogens with zero attached hydrogens (tertiary/aromatic N) is 1. The van der Waals surface area contributed by atoms with Crippen LogP contribution in [0, 0.1) is 0 Å². The first kappa shape index (κ1) is 27.4. The lowest BCUT2D eigenvalue weighted by atomic mass is 9.98. The van der Waals surface area contributed by atoms with E-state index in [1.807, 2.05) is 18.2 Å². The summed E-state index contributed by atoms with van der Waals surface area (Å²) in [4.78, 5) is 2.39. The molecule has 2 heteroatoms. The molecule has 0 radical (unpaired) electrons. The summed E-state index contributed by atoms with van der Waals surface area (Å²) in [5, 5.41) is 1.11. The Hall–Kier alpha value is -6.12. The lowest BCUT2D eigenvalue weighted by Gasteiger charge is -2.30. The molecule has 0 amide bonds. The van der Waals surface area contributed by atoms with E-state index in [1.54, 1.807) is 0 Å². The number of rotatable bonds is 7. The van der Waals surface area contributed by atoms with Crippen molar-refractivity contribution in [2.24, 2.45) is 0 Å². The number of furan rings is 1. The van der Waals surface area contributed by atoms with Crippen molar-refractivity contribution in [2.45, 2.75) is 0 Å². The van der Waals surface area contributed by atoms with Crippen molar-refractivity contribution in [3.8, 4) is 44.7 Å². The molecule has 0 unspecified atom stereocenters. The Bertz CT molecular complexity index is 2130. The van der Waals surface area contributed by atoms with Crippen LogP contribution in [0.1, 0.15) is 0 Å². The van der Waals surface area contributed by atoms with Gasteiger partial charge < -0.3 is 9.32 Å². The van der Waals surface area contributed by atoms with Crippen LogP contribution in [0.5, 0.6) is 0 Å². The van der Waals surface area contributed by atoms with E-state index < -0.39 is 0 Å². The molecule has 0 bridgehead atoms. The van der Waals surface area contributed by atoms with Crippen molar-refractivity contribution in [1.82, 2.24) is 0 Å². The molecule has 0 aliphatic heterocycles. The number of fused-ring (bicyclic) bond motifs is 1. The molecule has 0 N–H and O–H groups in total. The third-order valence-electron chi connectivity index (χ3n) is 8.49. The van der Waals surface area contributed by atoms with Gasteiger partial charge in [0.05, 0.1) is 11.4 Å². The van der Waals surface area contributed by atoms with Gasteiger partial charge in [0.2, 0.25) is 0 Å². The van der Waals surface area contributed by atoms with Gasteiger partial charge in [0.15, 0.2) is 0 Å². The third-order valence-corrected chi connectivity index (χ3v) is 8.49. The first-order valence-corrected chi connectivity index (χ1v) is 15.6.